The minimum atomic E-state index is -0.989. The first kappa shape index (κ1) is 19.7. The summed E-state index contributed by atoms with van der Waals surface area (Å²) in [5, 5.41) is 23.5. The summed E-state index contributed by atoms with van der Waals surface area (Å²) >= 11 is 0. The summed E-state index contributed by atoms with van der Waals surface area (Å²) in [6.45, 7) is 7.85. The Bertz CT molecular complexity index is 1210. The van der Waals surface area contributed by atoms with E-state index in [1.807, 2.05) is 50.4 Å². The van der Waals surface area contributed by atoms with Crippen molar-refractivity contribution in [2.24, 2.45) is 0 Å². The standard InChI is InChI=1S/C23H26N6O2/c1-15-14-31-11-10-28(15)21-12-17(16-6-4-5-7-19(16)23(2,3)30)18-13-25-29(22(18)26-21)20-8-9-24-27-20/h4-9,12-13,15,30H,10-11,14H2,1-3H3,(H,24,27)/t15-/m1/s1. The Morgan fingerprint density at radius 3 is 2.74 bits per heavy atom. The van der Waals surface area contributed by atoms with Crippen LogP contribution in [-0.4, -0.2) is 55.9 Å². The van der Waals surface area contributed by atoms with Crippen molar-refractivity contribution in [3.63, 3.8) is 0 Å². The maximum absolute atomic E-state index is 10.8. The molecule has 31 heavy (non-hydrogen) atoms. The molecule has 8 nitrogen and oxygen atoms in total. The van der Waals surface area contributed by atoms with Crippen molar-refractivity contribution >= 4 is 16.9 Å². The van der Waals surface area contributed by atoms with Crippen LogP contribution in [0.1, 0.15) is 26.3 Å². The zero-order valence-corrected chi connectivity index (χ0v) is 17.9. The SMILES string of the molecule is C[C@@H]1COCCN1c1cc(-c2ccccc2C(C)(C)O)c2cnn(-c3cc[nH]n3)c2n1. The second-order valence-corrected chi connectivity index (χ2v) is 8.48. The quantitative estimate of drug-likeness (QED) is 0.529. The first-order valence-electron chi connectivity index (χ1n) is 10.5. The van der Waals surface area contributed by atoms with Gasteiger partial charge in [-0.15, -0.1) is 0 Å². The summed E-state index contributed by atoms with van der Waals surface area (Å²) in [5.41, 5.74) is 2.54. The van der Waals surface area contributed by atoms with Gasteiger partial charge < -0.3 is 14.7 Å². The number of morpholine rings is 1. The number of aromatic nitrogens is 5. The summed E-state index contributed by atoms with van der Waals surface area (Å²) in [6, 6.07) is 12.1. The van der Waals surface area contributed by atoms with Crippen LogP contribution in [0.2, 0.25) is 0 Å². The van der Waals surface area contributed by atoms with Crippen molar-refractivity contribution in [3.8, 4) is 16.9 Å². The molecule has 1 saturated heterocycles. The second kappa shape index (κ2) is 7.47. The Hall–Kier alpha value is -3.23. The van der Waals surface area contributed by atoms with E-state index in [4.69, 9.17) is 9.72 Å². The van der Waals surface area contributed by atoms with E-state index < -0.39 is 5.60 Å². The highest BCUT2D eigenvalue weighted by Crippen LogP contribution is 2.38. The lowest BCUT2D eigenvalue weighted by Crippen LogP contribution is -2.44. The van der Waals surface area contributed by atoms with E-state index in [1.165, 1.54) is 0 Å². The van der Waals surface area contributed by atoms with Crippen molar-refractivity contribution < 1.29 is 9.84 Å². The highest BCUT2D eigenvalue weighted by atomic mass is 16.5. The van der Waals surface area contributed by atoms with Gasteiger partial charge in [-0.3, -0.25) is 5.10 Å². The van der Waals surface area contributed by atoms with Crippen molar-refractivity contribution in [3.05, 3.63) is 54.4 Å². The van der Waals surface area contributed by atoms with Gasteiger partial charge in [0.1, 0.15) is 5.82 Å². The number of nitrogens with one attached hydrogen (secondary N) is 1. The van der Waals surface area contributed by atoms with Gasteiger partial charge in [-0.1, -0.05) is 24.3 Å². The summed E-state index contributed by atoms with van der Waals surface area (Å²) in [5.74, 6) is 1.54. The molecule has 1 aliphatic heterocycles. The molecule has 0 radical (unpaired) electrons. The van der Waals surface area contributed by atoms with Gasteiger partial charge in [0.2, 0.25) is 0 Å². The Morgan fingerprint density at radius 1 is 1.16 bits per heavy atom. The van der Waals surface area contributed by atoms with E-state index in [0.717, 1.165) is 40.1 Å². The maximum atomic E-state index is 10.8. The second-order valence-electron chi connectivity index (χ2n) is 8.48. The van der Waals surface area contributed by atoms with Gasteiger partial charge in [-0.25, -0.2) is 4.98 Å². The Morgan fingerprint density at radius 2 is 2.00 bits per heavy atom. The molecule has 2 N–H and O–H groups in total. The number of benzene rings is 1. The number of rotatable bonds is 4. The fourth-order valence-electron chi connectivity index (χ4n) is 4.21. The van der Waals surface area contributed by atoms with Crippen molar-refractivity contribution in [2.45, 2.75) is 32.4 Å². The van der Waals surface area contributed by atoms with Crippen molar-refractivity contribution in [1.82, 2.24) is 25.0 Å². The normalized spacial score (nSPS) is 17.4. The van der Waals surface area contributed by atoms with Crippen molar-refractivity contribution in [2.75, 3.05) is 24.7 Å². The summed E-state index contributed by atoms with van der Waals surface area (Å²) < 4.78 is 7.38. The fourth-order valence-corrected chi connectivity index (χ4v) is 4.21. The summed E-state index contributed by atoms with van der Waals surface area (Å²) in [6.07, 6.45) is 3.58. The number of pyridine rings is 1. The third-order valence-corrected chi connectivity index (χ3v) is 5.77. The monoisotopic (exact) mass is 418 g/mol. The average molecular weight is 419 g/mol. The largest absolute Gasteiger partial charge is 0.386 e. The first-order valence-corrected chi connectivity index (χ1v) is 10.5. The third-order valence-electron chi connectivity index (χ3n) is 5.77. The van der Waals surface area contributed by atoms with Crippen LogP contribution in [0, 0.1) is 0 Å². The van der Waals surface area contributed by atoms with E-state index in [0.29, 0.717) is 19.0 Å². The number of nitrogens with zero attached hydrogens (tertiary/aromatic N) is 5. The predicted octanol–water partition coefficient (Wildman–Crippen LogP) is 3.26. The molecule has 1 atom stereocenters. The van der Waals surface area contributed by atoms with Gasteiger partial charge in [0.15, 0.2) is 11.5 Å². The van der Waals surface area contributed by atoms with Gasteiger partial charge >= 0.3 is 0 Å². The molecule has 3 aromatic heterocycles. The number of hydrogen-bond donors (Lipinski definition) is 2. The third kappa shape index (κ3) is 3.47. The first-order chi connectivity index (χ1) is 14.9. The molecule has 160 valence electrons. The summed E-state index contributed by atoms with van der Waals surface area (Å²) in [4.78, 5) is 7.26. The van der Waals surface area contributed by atoms with Crippen LogP contribution >= 0.6 is 0 Å². The number of hydrogen-bond acceptors (Lipinski definition) is 6. The number of H-pyrrole nitrogens is 1. The van der Waals surface area contributed by atoms with E-state index in [2.05, 4.69) is 33.2 Å². The molecule has 4 heterocycles. The zero-order valence-electron chi connectivity index (χ0n) is 17.9. The molecule has 0 amide bonds. The average Bonchev–Trinajstić information content (AvgIpc) is 3.42. The van der Waals surface area contributed by atoms with E-state index >= 15 is 0 Å². The Balaban J connectivity index is 1.78. The molecule has 1 fully saturated rings. The van der Waals surface area contributed by atoms with Gasteiger partial charge in [-0.2, -0.15) is 14.9 Å². The topological polar surface area (TPSA) is 92.1 Å². The number of aromatic amines is 1. The number of fused-ring (bicyclic) bond motifs is 1. The number of ether oxygens (including phenoxy) is 1. The number of anilines is 1. The molecule has 0 bridgehead atoms. The van der Waals surface area contributed by atoms with Crippen LogP contribution in [0.5, 0.6) is 0 Å². The van der Waals surface area contributed by atoms with Gasteiger partial charge in [0.05, 0.1) is 31.1 Å². The predicted molar refractivity (Wildman–Crippen MR) is 119 cm³/mol. The minimum Gasteiger partial charge on any atom is -0.386 e. The molecule has 5 rings (SSSR count). The van der Waals surface area contributed by atoms with Crippen LogP contribution in [0.15, 0.2) is 48.8 Å². The highest BCUT2D eigenvalue weighted by molar-refractivity contribution is 5.96. The van der Waals surface area contributed by atoms with Crippen LogP contribution in [0.3, 0.4) is 0 Å². The van der Waals surface area contributed by atoms with Crippen LogP contribution in [-0.2, 0) is 10.3 Å². The van der Waals surface area contributed by atoms with Crippen molar-refractivity contribution in [1.29, 1.82) is 0 Å². The van der Waals surface area contributed by atoms with Gasteiger partial charge in [0.25, 0.3) is 0 Å². The van der Waals surface area contributed by atoms with Crippen LogP contribution in [0.4, 0.5) is 5.82 Å². The molecule has 0 saturated carbocycles. The van der Waals surface area contributed by atoms with Crippen LogP contribution in [0.25, 0.3) is 28.0 Å². The lowest BCUT2D eigenvalue weighted by molar-refractivity contribution is 0.0792. The molecule has 8 heteroatoms. The van der Waals surface area contributed by atoms with Gasteiger partial charge in [-0.05, 0) is 43.5 Å². The molecule has 0 unspecified atom stereocenters. The molecule has 0 aliphatic carbocycles. The zero-order chi connectivity index (χ0) is 21.6. The van der Waals surface area contributed by atoms with E-state index in [-0.39, 0.29) is 6.04 Å². The van der Waals surface area contributed by atoms with E-state index in [1.54, 1.807) is 10.9 Å². The molecule has 4 aromatic rings. The molecule has 0 spiro atoms. The minimum absolute atomic E-state index is 0.206. The van der Waals surface area contributed by atoms with Gasteiger partial charge in [0, 0.05) is 24.2 Å². The molecular weight excluding hydrogens is 392 g/mol. The molecule has 1 aromatic carbocycles. The Labute approximate surface area is 180 Å². The smallest absolute Gasteiger partial charge is 0.177 e. The lowest BCUT2D eigenvalue weighted by atomic mass is 9.89. The fraction of sp³-hybridized carbons (Fsp3) is 0.348. The maximum Gasteiger partial charge on any atom is 0.177 e. The van der Waals surface area contributed by atoms with E-state index in [9.17, 15) is 5.11 Å². The molecular formula is C23H26N6O2. The summed E-state index contributed by atoms with van der Waals surface area (Å²) in [7, 11) is 0. The lowest BCUT2D eigenvalue weighted by Gasteiger charge is -2.34. The highest BCUT2D eigenvalue weighted by Gasteiger charge is 2.26. The molecule has 1 aliphatic rings. The number of aliphatic hydroxyl groups is 1. The van der Waals surface area contributed by atoms with Crippen LogP contribution < -0.4 is 4.90 Å². The Kier molecular flexibility index (Phi) is 4.75.